The lowest BCUT2D eigenvalue weighted by Gasteiger charge is -2.37. The van der Waals surface area contributed by atoms with Gasteiger partial charge in [-0.1, -0.05) is 74.5 Å². The molecular formula is C32H45N5O6. The van der Waals surface area contributed by atoms with E-state index in [1.54, 1.807) is 4.90 Å². The first-order valence-corrected chi connectivity index (χ1v) is 14.9. The molecule has 11 heteroatoms. The summed E-state index contributed by atoms with van der Waals surface area (Å²) < 4.78 is 0. The van der Waals surface area contributed by atoms with Crippen molar-refractivity contribution in [2.24, 2.45) is 11.7 Å². The van der Waals surface area contributed by atoms with Gasteiger partial charge in [-0.05, 0) is 49.1 Å². The van der Waals surface area contributed by atoms with E-state index in [0.29, 0.717) is 45.2 Å². The predicted octanol–water partition coefficient (Wildman–Crippen LogP) is 1.82. The molecule has 4 rings (SSSR count). The summed E-state index contributed by atoms with van der Waals surface area (Å²) in [5, 5.41) is 27.5. The van der Waals surface area contributed by atoms with Gasteiger partial charge in [0, 0.05) is 31.6 Å². The van der Waals surface area contributed by atoms with Gasteiger partial charge in [-0.3, -0.25) is 9.59 Å². The molecular weight excluding hydrogens is 550 g/mol. The van der Waals surface area contributed by atoms with Crippen molar-refractivity contribution in [2.45, 2.75) is 82.6 Å². The number of aliphatic hydroxyl groups is 1. The minimum Gasteiger partial charge on any atom is -0.480 e. The van der Waals surface area contributed by atoms with Crippen LogP contribution in [0.2, 0.25) is 0 Å². The number of carbonyl (C=O) groups is 4. The van der Waals surface area contributed by atoms with Crippen LogP contribution in [0.3, 0.4) is 0 Å². The quantitative estimate of drug-likeness (QED) is 0.217. The molecule has 5 atom stereocenters. The van der Waals surface area contributed by atoms with Crippen LogP contribution < -0.4 is 21.7 Å². The molecule has 0 spiro atoms. The van der Waals surface area contributed by atoms with E-state index in [0.717, 1.165) is 17.5 Å². The first-order valence-electron chi connectivity index (χ1n) is 14.9. The summed E-state index contributed by atoms with van der Waals surface area (Å²) in [6, 6.07) is 17.5. The standard InChI is InChI=1S/C27H38N4O3.C5H7NO3/c1-19(2)25(31-15-9-14-29-27(31)34)26(33)30-22(16-20-10-5-3-6-11-20)18-24(32)23(28)17-21-12-7-4-8-13-21;7-4-2-1-3(6-4)5(8)9/h3-8,10-13,19,22-25,32H,9,14-18,28H2,1-2H3,(H,29,34)(H,30,33);3H,1-2H2,(H,6,7)(H,8,9). The summed E-state index contributed by atoms with van der Waals surface area (Å²) in [4.78, 5) is 48.0. The second-order valence-corrected chi connectivity index (χ2v) is 11.5. The Morgan fingerprint density at radius 1 is 1.02 bits per heavy atom. The number of carbonyl (C=O) groups excluding carboxylic acids is 3. The van der Waals surface area contributed by atoms with E-state index in [4.69, 9.17) is 10.8 Å². The summed E-state index contributed by atoms with van der Waals surface area (Å²) in [7, 11) is 0. The Labute approximate surface area is 253 Å². The van der Waals surface area contributed by atoms with Crippen molar-refractivity contribution in [3.05, 3.63) is 71.8 Å². The number of aliphatic hydroxyl groups excluding tert-OH is 1. The molecule has 4 amide bonds. The van der Waals surface area contributed by atoms with Gasteiger partial charge < -0.3 is 36.8 Å². The Kier molecular flexibility index (Phi) is 13.0. The molecule has 2 aromatic rings. The number of benzene rings is 2. The second-order valence-electron chi connectivity index (χ2n) is 11.5. The third kappa shape index (κ3) is 10.7. The number of carboxylic acid groups (broad SMARTS) is 1. The highest BCUT2D eigenvalue weighted by atomic mass is 16.4. The Balaban J connectivity index is 0.000000480. The fourth-order valence-corrected chi connectivity index (χ4v) is 5.38. The van der Waals surface area contributed by atoms with Crippen LogP contribution in [-0.4, -0.2) is 82.3 Å². The molecule has 2 aliphatic heterocycles. The summed E-state index contributed by atoms with van der Waals surface area (Å²) in [6.07, 6.45) is 2.24. The maximum absolute atomic E-state index is 13.4. The van der Waals surface area contributed by atoms with Crippen LogP contribution in [0.5, 0.6) is 0 Å². The highest BCUT2D eigenvalue weighted by molar-refractivity contribution is 5.88. The lowest BCUT2D eigenvalue weighted by atomic mass is 9.93. The summed E-state index contributed by atoms with van der Waals surface area (Å²) in [6.45, 7) is 5.08. The Morgan fingerprint density at radius 2 is 1.63 bits per heavy atom. The van der Waals surface area contributed by atoms with E-state index in [9.17, 15) is 24.3 Å². The zero-order valence-electron chi connectivity index (χ0n) is 24.9. The van der Waals surface area contributed by atoms with Crippen molar-refractivity contribution >= 4 is 23.8 Å². The lowest BCUT2D eigenvalue weighted by molar-refractivity contribution is -0.140. The molecule has 0 aromatic heterocycles. The van der Waals surface area contributed by atoms with Crippen molar-refractivity contribution in [2.75, 3.05) is 13.1 Å². The molecule has 0 bridgehead atoms. The third-order valence-corrected chi connectivity index (χ3v) is 7.65. The van der Waals surface area contributed by atoms with Crippen molar-refractivity contribution in [3.8, 4) is 0 Å². The topological polar surface area (TPSA) is 174 Å². The fourth-order valence-electron chi connectivity index (χ4n) is 5.38. The van der Waals surface area contributed by atoms with Crippen LogP contribution in [0.4, 0.5) is 4.79 Å². The SMILES string of the molecule is CC(C)C(C(=O)NC(Cc1ccccc1)CC(O)C(N)Cc1ccccc1)N1CCCNC1=O.O=C1CCC(C(=O)O)N1. The molecule has 7 N–H and O–H groups in total. The van der Waals surface area contributed by atoms with Gasteiger partial charge in [0.15, 0.2) is 0 Å². The van der Waals surface area contributed by atoms with Gasteiger partial charge in [-0.25, -0.2) is 9.59 Å². The summed E-state index contributed by atoms with van der Waals surface area (Å²) >= 11 is 0. The Hall–Kier alpha value is -3.96. The molecule has 2 aromatic carbocycles. The number of urea groups is 1. The highest BCUT2D eigenvalue weighted by Crippen LogP contribution is 2.17. The molecule has 11 nitrogen and oxygen atoms in total. The van der Waals surface area contributed by atoms with Gasteiger partial charge >= 0.3 is 12.0 Å². The van der Waals surface area contributed by atoms with E-state index >= 15 is 0 Å². The number of hydrogen-bond acceptors (Lipinski definition) is 6. The number of rotatable bonds is 12. The molecule has 5 unspecified atom stereocenters. The molecule has 0 radical (unpaired) electrons. The highest BCUT2D eigenvalue weighted by Gasteiger charge is 2.35. The van der Waals surface area contributed by atoms with Crippen molar-refractivity contribution < 1.29 is 29.4 Å². The molecule has 0 aliphatic carbocycles. The first kappa shape index (κ1) is 33.5. The molecule has 2 fully saturated rings. The molecule has 2 heterocycles. The molecule has 43 heavy (non-hydrogen) atoms. The number of nitrogens with one attached hydrogen (secondary N) is 3. The van der Waals surface area contributed by atoms with Crippen LogP contribution in [0.15, 0.2) is 60.7 Å². The van der Waals surface area contributed by atoms with Crippen LogP contribution in [0.1, 0.15) is 50.7 Å². The summed E-state index contributed by atoms with van der Waals surface area (Å²) in [5.41, 5.74) is 8.47. The Morgan fingerprint density at radius 3 is 2.12 bits per heavy atom. The van der Waals surface area contributed by atoms with Crippen molar-refractivity contribution in [3.63, 3.8) is 0 Å². The molecule has 0 saturated carbocycles. The van der Waals surface area contributed by atoms with Gasteiger partial charge in [-0.15, -0.1) is 0 Å². The zero-order chi connectivity index (χ0) is 31.4. The number of carboxylic acids is 1. The van der Waals surface area contributed by atoms with E-state index < -0.39 is 30.2 Å². The van der Waals surface area contributed by atoms with Crippen LogP contribution in [-0.2, 0) is 27.2 Å². The Bertz CT molecular complexity index is 1200. The maximum Gasteiger partial charge on any atom is 0.326 e. The molecule has 2 aliphatic rings. The van der Waals surface area contributed by atoms with Crippen molar-refractivity contribution in [1.29, 1.82) is 0 Å². The second kappa shape index (κ2) is 16.6. The molecule has 234 valence electrons. The molecule has 2 saturated heterocycles. The van der Waals surface area contributed by atoms with Crippen LogP contribution >= 0.6 is 0 Å². The average molecular weight is 596 g/mol. The third-order valence-electron chi connectivity index (χ3n) is 7.65. The number of hydrogen-bond donors (Lipinski definition) is 6. The number of amides is 4. The largest absolute Gasteiger partial charge is 0.480 e. The van der Waals surface area contributed by atoms with Gasteiger partial charge in [0.05, 0.1) is 6.10 Å². The van der Waals surface area contributed by atoms with E-state index in [2.05, 4.69) is 16.0 Å². The fraction of sp³-hybridized carbons (Fsp3) is 0.500. The minimum absolute atomic E-state index is 0.0495. The average Bonchev–Trinajstić information content (AvgIpc) is 3.42. The van der Waals surface area contributed by atoms with Crippen LogP contribution in [0, 0.1) is 5.92 Å². The van der Waals surface area contributed by atoms with Gasteiger partial charge in [-0.2, -0.15) is 0 Å². The van der Waals surface area contributed by atoms with E-state index in [1.807, 2.05) is 74.5 Å². The number of nitrogens with two attached hydrogens (primary N) is 1. The first-order chi connectivity index (χ1) is 20.5. The zero-order valence-corrected chi connectivity index (χ0v) is 24.9. The summed E-state index contributed by atoms with van der Waals surface area (Å²) in [5.74, 6) is -1.36. The van der Waals surface area contributed by atoms with Crippen LogP contribution in [0.25, 0.3) is 0 Å². The van der Waals surface area contributed by atoms with Gasteiger partial charge in [0.2, 0.25) is 11.8 Å². The maximum atomic E-state index is 13.4. The minimum atomic E-state index is -0.944. The van der Waals surface area contributed by atoms with E-state index in [-0.39, 0.29) is 29.8 Å². The smallest absolute Gasteiger partial charge is 0.326 e. The predicted molar refractivity (Wildman–Crippen MR) is 163 cm³/mol. The van der Waals surface area contributed by atoms with Gasteiger partial charge in [0.25, 0.3) is 0 Å². The normalized spacial score (nSPS) is 19.3. The number of aliphatic carboxylic acids is 1. The van der Waals surface area contributed by atoms with Crippen molar-refractivity contribution in [1.82, 2.24) is 20.9 Å². The number of nitrogens with zero attached hydrogens (tertiary/aromatic N) is 1. The van der Waals surface area contributed by atoms with Gasteiger partial charge in [0.1, 0.15) is 12.1 Å². The van der Waals surface area contributed by atoms with E-state index in [1.165, 1.54) is 0 Å². The monoisotopic (exact) mass is 595 g/mol. The lowest BCUT2D eigenvalue weighted by Crippen LogP contribution is -2.59.